The van der Waals surface area contributed by atoms with Crippen LogP contribution >= 0.6 is 0 Å². The van der Waals surface area contributed by atoms with Gasteiger partial charge in [0.2, 0.25) is 0 Å². The molecule has 0 radical (unpaired) electrons. The second-order valence-corrected chi connectivity index (χ2v) is 5.90. The summed E-state index contributed by atoms with van der Waals surface area (Å²) in [6.45, 7) is 9.18. The van der Waals surface area contributed by atoms with Crippen LogP contribution in [0.4, 0.5) is 0 Å². The van der Waals surface area contributed by atoms with Gasteiger partial charge in [-0.15, -0.1) is 0 Å². The third-order valence-corrected chi connectivity index (χ3v) is 4.45. The van der Waals surface area contributed by atoms with Gasteiger partial charge in [0.1, 0.15) is 0 Å². The van der Waals surface area contributed by atoms with Crippen LogP contribution in [0.1, 0.15) is 53.4 Å². The van der Waals surface area contributed by atoms with Crippen LogP contribution in [0.25, 0.3) is 0 Å². The van der Waals surface area contributed by atoms with Gasteiger partial charge in [0.25, 0.3) is 0 Å². The van der Waals surface area contributed by atoms with Gasteiger partial charge in [0.05, 0.1) is 0 Å². The third-order valence-electron chi connectivity index (χ3n) is 4.45. The summed E-state index contributed by atoms with van der Waals surface area (Å²) in [5, 5.41) is 0. The molecule has 0 bridgehead atoms. The van der Waals surface area contributed by atoms with E-state index >= 15 is 0 Å². The first kappa shape index (κ1) is 13.0. The summed E-state index contributed by atoms with van der Waals surface area (Å²) in [5.41, 5.74) is 6.72. The van der Waals surface area contributed by atoms with Crippen molar-refractivity contribution in [2.24, 2.45) is 11.1 Å². The lowest BCUT2D eigenvalue weighted by Crippen LogP contribution is -2.57. The molecule has 1 rings (SSSR count). The lowest BCUT2D eigenvalue weighted by molar-refractivity contribution is 0.0615. The largest absolute Gasteiger partial charge is 0.326 e. The normalized spacial score (nSPS) is 33.0. The standard InChI is InChI=1S/C13H28N2/c1-6-10(2)15(5)11-8-7-9-13(3,4)12(11)14/h10-12H,6-9,14H2,1-5H3. The van der Waals surface area contributed by atoms with Gasteiger partial charge in [-0.05, 0) is 38.6 Å². The molecule has 90 valence electrons. The van der Waals surface area contributed by atoms with E-state index in [0.717, 1.165) is 0 Å². The highest BCUT2D eigenvalue weighted by molar-refractivity contribution is 4.96. The van der Waals surface area contributed by atoms with E-state index in [9.17, 15) is 0 Å². The minimum atomic E-state index is 0.310. The highest BCUT2D eigenvalue weighted by Gasteiger charge is 2.38. The average molecular weight is 212 g/mol. The average Bonchev–Trinajstić information content (AvgIpc) is 2.20. The predicted octanol–water partition coefficient (Wildman–Crippen LogP) is 2.62. The zero-order valence-electron chi connectivity index (χ0n) is 11.1. The Balaban J connectivity index is 2.68. The van der Waals surface area contributed by atoms with E-state index < -0.39 is 0 Å². The highest BCUT2D eigenvalue weighted by atomic mass is 15.2. The molecule has 1 saturated carbocycles. The van der Waals surface area contributed by atoms with E-state index in [1.807, 2.05) is 0 Å². The maximum Gasteiger partial charge on any atom is 0.0252 e. The fourth-order valence-electron chi connectivity index (χ4n) is 2.71. The summed E-state index contributed by atoms with van der Waals surface area (Å²) in [5.74, 6) is 0. The van der Waals surface area contributed by atoms with Crippen molar-refractivity contribution in [3.63, 3.8) is 0 Å². The van der Waals surface area contributed by atoms with E-state index in [0.29, 0.717) is 23.5 Å². The van der Waals surface area contributed by atoms with Crippen LogP contribution in [0.5, 0.6) is 0 Å². The fourth-order valence-corrected chi connectivity index (χ4v) is 2.71. The summed E-state index contributed by atoms with van der Waals surface area (Å²) in [7, 11) is 2.24. The van der Waals surface area contributed by atoms with Crippen LogP contribution in [-0.2, 0) is 0 Å². The molecule has 0 amide bonds. The Hall–Kier alpha value is -0.0800. The molecule has 1 aliphatic carbocycles. The molecule has 0 aliphatic heterocycles. The van der Waals surface area contributed by atoms with Crippen LogP contribution in [0.2, 0.25) is 0 Å². The molecule has 3 atom stereocenters. The lowest BCUT2D eigenvalue weighted by atomic mass is 9.70. The van der Waals surface area contributed by atoms with Gasteiger partial charge in [0, 0.05) is 18.1 Å². The number of nitrogens with two attached hydrogens (primary N) is 1. The number of rotatable bonds is 3. The molecular weight excluding hydrogens is 184 g/mol. The lowest BCUT2D eigenvalue weighted by Gasteiger charge is -2.47. The Morgan fingerprint density at radius 1 is 1.47 bits per heavy atom. The number of nitrogens with zero attached hydrogens (tertiary/aromatic N) is 1. The molecule has 2 N–H and O–H groups in total. The van der Waals surface area contributed by atoms with Crippen LogP contribution in [0.3, 0.4) is 0 Å². The molecular formula is C13H28N2. The Labute approximate surface area is 95.2 Å². The van der Waals surface area contributed by atoms with E-state index in [4.69, 9.17) is 5.73 Å². The van der Waals surface area contributed by atoms with Crippen molar-refractivity contribution in [1.82, 2.24) is 4.90 Å². The van der Waals surface area contributed by atoms with Gasteiger partial charge < -0.3 is 5.73 Å². The molecule has 0 heterocycles. The number of hydrogen-bond donors (Lipinski definition) is 1. The molecule has 0 aromatic carbocycles. The smallest absolute Gasteiger partial charge is 0.0252 e. The van der Waals surface area contributed by atoms with Crippen molar-refractivity contribution >= 4 is 0 Å². The molecule has 0 aromatic heterocycles. The molecule has 0 spiro atoms. The van der Waals surface area contributed by atoms with Gasteiger partial charge in [-0.2, -0.15) is 0 Å². The van der Waals surface area contributed by atoms with E-state index in [2.05, 4.69) is 39.6 Å². The van der Waals surface area contributed by atoms with Gasteiger partial charge in [-0.3, -0.25) is 4.90 Å². The minimum absolute atomic E-state index is 0.310. The Morgan fingerprint density at radius 2 is 2.07 bits per heavy atom. The first-order valence-electron chi connectivity index (χ1n) is 6.37. The van der Waals surface area contributed by atoms with E-state index in [1.54, 1.807) is 0 Å². The summed E-state index contributed by atoms with van der Waals surface area (Å²) < 4.78 is 0. The van der Waals surface area contributed by atoms with Crippen LogP contribution in [0.15, 0.2) is 0 Å². The fraction of sp³-hybridized carbons (Fsp3) is 1.00. The maximum atomic E-state index is 6.41. The molecule has 0 saturated heterocycles. The van der Waals surface area contributed by atoms with E-state index in [-0.39, 0.29) is 0 Å². The zero-order chi connectivity index (χ0) is 11.6. The van der Waals surface area contributed by atoms with Gasteiger partial charge in [-0.1, -0.05) is 27.2 Å². The van der Waals surface area contributed by atoms with Crippen molar-refractivity contribution in [3.05, 3.63) is 0 Å². The second kappa shape index (κ2) is 4.84. The highest BCUT2D eigenvalue weighted by Crippen LogP contribution is 2.36. The quantitative estimate of drug-likeness (QED) is 0.779. The molecule has 3 unspecified atom stereocenters. The molecule has 1 fully saturated rings. The van der Waals surface area contributed by atoms with Crippen molar-refractivity contribution in [2.45, 2.75) is 71.5 Å². The van der Waals surface area contributed by atoms with Gasteiger partial charge in [0.15, 0.2) is 0 Å². The molecule has 0 aromatic rings. The second-order valence-electron chi connectivity index (χ2n) is 5.90. The maximum absolute atomic E-state index is 6.41. The molecule has 15 heavy (non-hydrogen) atoms. The summed E-state index contributed by atoms with van der Waals surface area (Å²) in [4.78, 5) is 2.49. The van der Waals surface area contributed by atoms with Crippen LogP contribution in [0, 0.1) is 5.41 Å². The first-order valence-corrected chi connectivity index (χ1v) is 6.37. The Morgan fingerprint density at radius 3 is 2.60 bits per heavy atom. The van der Waals surface area contributed by atoms with Crippen molar-refractivity contribution in [1.29, 1.82) is 0 Å². The Kier molecular flexibility index (Phi) is 4.19. The van der Waals surface area contributed by atoms with Crippen molar-refractivity contribution in [2.75, 3.05) is 7.05 Å². The number of hydrogen-bond acceptors (Lipinski definition) is 2. The summed E-state index contributed by atoms with van der Waals surface area (Å²) >= 11 is 0. The van der Waals surface area contributed by atoms with Crippen molar-refractivity contribution < 1.29 is 0 Å². The van der Waals surface area contributed by atoms with Gasteiger partial charge in [-0.25, -0.2) is 0 Å². The predicted molar refractivity (Wildman–Crippen MR) is 66.9 cm³/mol. The monoisotopic (exact) mass is 212 g/mol. The van der Waals surface area contributed by atoms with E-state index in [1.165, 1.54) is 25.7 Å². The van der Waals surface area contributed by atoms with Crippen LogP contribution < -0.4 is 5.73 Å². The van der Waals surface area contributed by atoms with Crippen LogP contribution in [-0.4, -0.2) is 30.1 Å². The Bertz CT molecular complexity index is 201. The zero-order valence-corrected chi connectivity index (χ0v) is 11.1. The third kappa shape index (κ3) is 2.73. The van der Waals surface area contributed by atoms with Crippen molar-refractivity contribution in [3.8, 4) is 0 Å². The summed E-state index contributed by atoms with van der Waals surface area (Å²) in [6.07, 6.45) is 5.08. The van der Waals surface area contributed by atoms with Gasteiger partial charge >= 0.3 is 0 Å². The SMILES string of the molecule is CCC(C)N(C)C1CCCC(C)(C)C1N. The minimum Gasteiger partial charge on any atom is -0.326 e. The molecule has 2 heteroatoms. The summed E-state index contributed by atoms with van der Waals surface area (Å²) in [6, 6.07) is 1.55. The number of likely N-dealkylation sites (N-methyl/N-ethyl adjacent to an activating group) is 1. The topological polar surface area (TPSA) is 29.3 Å². The molecule has 1 aliphatic rings. The molecule has 2 nitrogen and oxygen atoms in total. The first-order chi connectivity index (χ1) is 6.90.